The predicted octanol–water partition coefficient (Wildman–Crippen LogP) is 2.94. The Morgan fingerprint density at radius 1 is 1.39 bits per heavy atom. The van der Waals surface area contributed by atoms with Gasteiger partial charge < -0.3 is 10.4 Å². The number of anilines is 1. The van der Waals surface area contributed by atoms with Gasteiger partial charge in [-0.05, 0) is 46.3 Å². The SMILES string of the molecule is O=C(Nc1ncccc1Br)c1cc(F)ccc1O. The van der Waals surface area contributed by atoms with Crippen LogP contribution in [-0.2, 0) is 0 Å². The van der Waals surface area contributed by atoms with Crippen molar-refractivity contribution in [2.24, 2.45) is 0 Å². The van der Waals surface area contributed by atoms with Crippen molar-refractivity contribution in [2.75, 3.05) is 5.32 Å². The van der Waals surface area contributed by atoms with E-state index in [1.807, 2.05) is 0 Å². The Kier molecular flexibility index (Phi) is 3.57. The summed E-state index contributed by atoms with van der Waals surface area (Å²) in [5.74, 6) is -1.23. The molecule has 0 saturated carbocycles. The molecule has 0 saturated heterocycles. The molecule has 4 nitrogen and oxygen atoms in total. The molecule has 1 amide bonds. The third-order valence-electron chi connectivity index (χ3n) is 2.19. The summed E-state index contributed by atoms with van der Waals surface area (Å²) in [4.78, 5) is 15.8. The summed E-state index contributed by atoms with van der Waals surface area (Å²) >= 11 is 3.22. The number of benzene rings is 1. The van der Waals surface area contributed by atoms with Crippen molar-refractivity contribution >= 4 is 27.7 Å². The smallest absolute Gasteiger partial charge is 0.260 e. The van der Waals surface area contributed by atoms with Crippen molar-refractivity contribution in [3.8, 4) is 5.75 Å². The van der Waals surface area contributed by atoms with E-state index in [1.165, 1.54) is 6.20 Å². The lowest BCUT2D eigenvalue weighted by molar-refractivity contribution is 0.102. The van der Waals surface area contributed by atoms with E-state index in [0.29, 0.717) is 10.3 Å². The largest absolute Gasteiger partial charge is 0.507 e. The first-order valence-corrected chi connectivity index (χ1v) is 5.77. The van der Waals surface area contributed by atoms with Crippen LogP contribution in [0.1, 0.15) is 10.4 Å². The molecule has 0 radical (unpaired) electrons. The van der Waals surface area contributed by atoms with Crippen molar-refractivity contribution < 1.29 is 14.3 Å². The first-order chi connectivity index (χ1) is 8.58. The minimum absolute atomic E-state index is 0.146. The second-order valence-corrected chi connectivity index (χ2v) is 4.30. The molecule has 0 aliphatic heterocycles. The number of carbonyl (C=O) groups is 1. The number of aromatic nitrogens is 1. The van der Waals surface area contributed by atoms with Gasteiger partial charge in [0.15, 0.2) is 0 Å². The molecule has 0 bridgehead atoms. The number of hydrogen-bond acceptors (Lipinski definition) is 3. The van der Waals surface area contributed by atoms with Gasteiger partial charge in [-0.1, -0.05) is 0 Å². The second-order valence-electron chi connectivity index (χ2n) is 3.45. The maximum atomic E-state index is 13.0. The number of nitrogens with one attached hydrogen (secondary N) is 1. The van der Waals surface area contributed by atoms with Crippen LogP contribution >= 0.6 is 15.9 Å². The van der Waals surface area contributed by atoms with Gasteiger partial charge in [-0.25, -0.2) is 9.37 Å². The van der Waals surface area contributed by atoms with E-state index in [-0.39, 0.29) is 11.3 Å². The summed E-state index contributed by atoms with van der Waals surface area (Å²) < 4.78 is 13.6. The molecule has 0 aliphatic rings. The van der Waals surface area contributed by atoms with Gasteiger partial charge in [0.1, 0.15) is 17.4 Å². The fourth-order valence-corrected chi connectivity index (χ4v) is 1.70. The molecule has 1 heterocycles. The van der Waals surface area contributed by atoms with E-state index in [0.717, 1.165) is 18.2 Å². The van der Waals surface area contributed by atoms with Gasteiger partial charge in [0.05, 0.1) is 10.0 Å². The molecular formula is C12H8BrFN2O2. The Bertz CT molecular complexity index is 604. The van der Waals surface area contributed by atoms with Crippen molar-refractivity contribution in [1.29, 1.82) is 0 Å². The summed E-state index contributed by atoms with van der Waals surface area (Å²) in [6, 6.07) is 6.55. The minimum atomic E-state index is -0.633. The third-order valence-corrected chi connectivity index (χ3v) is 2.83. The standard InChI is InChI=1S/C12H8BrFN2O2/c13-9-2-1-5-15-11(9)16-12(18)8-6-7(14)3-4-10(8)17/h1-6,17H,(H,15,16,18). The number of nitrogens with zero attached hydrogens (tertiary/aromatic N) is 1. The molecule has 2 N–H and O–H groups in total. The number of pyridine rings is 1. The van der Waals surface area contributed by atoms with E-state index in [1.54, 1.807) is 12.1 Å². The van der Waals surface area contributed by atoms with Crippen molar-refractivity contribution in [3.05, 3.63) is 52.4 Å². The Balaban J connectivity index is 2.28. The van der Waals surface area contributed by atoms with Crippen LogP contribution < -0.4 is 5.32 Å². The van der Waals surface area contributed by atoms with E-state index < -0.39 is 11.7 Å². The zero-order valence-corrected chi connectivity index (χ0v) is 10.6. The highest BCUT2D eigenvalue weighted by Crippen LogP contribution is 2.22. The highest BCUT2D eigenvalue weighted by molar-refractivity contribution is 9.10. The Morgan fingerprint density at radius 2 is 2.17 bits per heavy atom. The Hall–Kier alpha value is -1.95. The molecule has 6 heteroatoms. The first-order valence-electron chi connectivity index (χ1n) is 4.98. The molecule has 2 rings (SSSR count). The van der Waals surface area contributed by atoms with Gasteiger partial charge in [-0.3, -0.25) is 4.79 Å². The monoisotopic (exact) mass is 310 g/mol. The number of rotatable bonds is 2. The van der Waals surface area contributed by atoms with Crippen LogP contribution in [0.2, 0.25) is 0 Å². The molecule has 0 fully saturated rings. The number of phenols is 1. The van der Waals surface area contributed by atoms with Crippen molar-refractivity contribution in [1.82, 2.24) is 4.98 Å². The van der Waals surface area contributed by atoms with Crippen LogP contribution in [0, 0.1) is 5.82 Å². The van der Waals surface area contributed by atoms with Crippen molar-refractivity contribution in [2.45, 2.75) is 0 Å². The number of phenolic OH excluding ortho intramolecular Hbond substituents is 1. The molecule has 1 aromatic carbocycles. The van der Waals surface area contributed by atoms with Crippen molar-refractivity contribution in [3.63, 3.8) is 0 Å². The first kappa shape index (κ1) is 12.5. The summed E-state index contributed by atoms with van der Waals surface area (Å²) in [6.45, 7) is 0. The minimum Gasteiger partial charge on any atom is -0.507 e. The predicted molar refractivity (Wildman–Crippen MR) is 68.0 cm³/mol. The highest BCUT2D eigenvalue weighted by Gasteiger charge is 2.14. The highest BCUT2D eigenvalue weighted by atomic mass is 79.9. The average Bonchev–Trinajstić information content (AvgIpc) is 2.35. The molecule has 18 heavy (non-hydrogen) atoms. The molecule has 0 spiro atoms. The van der Waals surface area contributed by atoms with Crippen LogP contribution in [0.3, 0.4) is 0 Å². The van der Waals surface area contributed by atoms with Crippen LogP contribution in [0.25, 0.3) is 0 Å². The fourth-order valence-electron chi connectivity index (χ4n) is 1.34. The number of halogens is 2. The summed E-state index contributed by atoms with van der Waals surface area (Å²) in [6.07, 6.45) is 1.51. The maximum absolute atomic E-state index is 13.0. The zero-order chi connectivity index (χ0) is 13.1. The summed E-state index contributed by atoms with van der Waals surface area (Å²) in [7, 11) is 0. The number of hydrogen-bond donors (Lipinski definition) is 2. The molecule has 2 aromatic rings. The van der Waals surface area contributed by atoms with Gasteiger partial charge in [0, 0.05) is 6.20 Å². The van der Waals surface area contributed by atoms with Gasteiger partial charge in [0.25, 0.3) is 5.91 Å². The Morgan fingerprint density at radius 3 is 2.89 bits per heavy atom. The fraction of sp³-hybridized carbons (Fsp3) is 0. The molecule has 0 unspecified atom stereocenters. The van der Waals surface area contributed by atoms with Gasteiger partial charge in [0.2, 0.25) is 0 Å². The van der Waals surface area contributed by atoms with Crippen LogP contribution in [0.5, 0.6) is 5.75 Å². The lowest BCUT2D eigenvalue weighted by atomic mass is 10.2. The van der Waals surface area contributed by atoms with E-state index in [4.69, 9.17) is 0 Å². The maximum Gasteiger partial charge on any atom is 0.260 e. The third kappa shape index (κ3) is 2.65. The molecule has 0 atom stereocenters. The molecule has 92 valence electrons. The van der Waals surface area contributed by atoms with E-state index in [2.05, 4.69) is 26.2 Å². The lowest BCUT2D eigenvalue weighted by Gasteiger charge is -2.07. The summed E-state index contributed by atoms with van der Waals surface area (Å²) in [5, 5.41) is 12.0. The number of amides is 1. The molecule has 0 aliphatic carbocycles. The van der Waals surface area contributed by atoms with Gasteiger partial charge >= 0.3 is 0 Å². The number of carbonyl (C=O) groups excluding carboxylic acids is 1. The molecule has 1 aromatic heterocycles. The molecular weight excluding hydrogens is 303 g/mol. The normalized spacial score (nSPS) is 10.1. The van der Waals surface area contributed by atoms with Gasteiger partial charge in [-0.15, -0.1) is 0 Å². The lowest BCUT2D eigenvalue weighted by Crippen LogP contribution is -2.13. The summed E-state index contributed by atoms with van der Waals surface area (Å²) in [5.41, 5.74) is -0.146. The van der Waals surface area contributed by atoms with Crippen LogP contribution in [0.15, 0.2) is 41.0 Å². The van der Waals surface area contributed by atoms with Crippen LogP contribution in [0.4, 0.5) is 10.2 Å². The van der Waals surface area contributed by atoms with E-state index >= 15 is 0 Å². The zero-order valence-electron chi connectivity index (χ0n) is 9.02. The second kappa shape index (κ2) is 5.14. The van der Waals surface area contributed by atoms with E-state index in [9.17, 15) is 14.3 Å². The topological polar surface area (TPSA) is 62.2 Å². The Labute approximate surface area is 111 Å². The quantitative estimate of drug-likeness (QED) is 0.896. The average molecular weight is 311 g/mol. The number of aromatic hydroxyl groups is 1. The van der Waals surface area contributed by atoms with Gasteiger partial charge in [-0.2, -0.15) is 0 Å². The van der Waals surface area contributed by atoms with Crippen LogP contribution in [-0.4, -0.2) is 16.0 Å².